The second-order valence-corrected chi connectivity index (χ2v) is 12.0. The molecule has 1 N–H and O–H groups in total. The van der Waals surface area contributed by atoms with Crippen LogP contribution in [0.2, 0.25) is 0 Å². The highest BCUT2D eigenvalue weighted by atomic mass is 16.5. The monoisotopic (exact) mass is 449 g/mol. The van der Waals surface area contributed by atoms with Gasteiger partial charge in [-0.15, -0.1) is 0 Å². The van der Waals surface area contributed by atoms with E-state index in [2.05, 4.69) is 50.2 Å². The number of hydrogen-bond acceptors (Lipinski definition) is 3. The van der Waals surface area contributed by atoms with Crippen molar-refractivity contribution in [2.75, 3.05) is 0 Å². The summed E-state index contributed by atoms with van der Waals surface area (Å²) in [4.78, 5) is 13.1. The number of carbonyl (C=O) groups is 1. The predicted octanol–water partition coefficient (Wildman–Crippen LogP) is 5.94. The molecule has 0 spiro atoms. The maximum absolute atomic E-state index is 13.1. The lowest BCUT2D eigenvalue weighted by Crippen LogP contribution is -2.56. The molecule has 4 saturated carbocycles. The van der Waals surface area contributed by atoms with E-state index in [1.807, 2.05) is 18.3 Å². The first-order valence-corrected chi connectivity index (χ1v) is 12.8. The highest BCUT2D eigenvalue weighted by molar-refractivity contribution is 5.92. The van der Waals surface area contributed by atoms with Gasteiger partial charge in [0, 0.05) is 12.2 Å². The molecule has 1 amide bonds. The minimum atomic E-state index is -0.0501. The molecule has 5 nitrogen and oxygen atoms in total. The van der Waals surface area contributed by atoms with E-state index in [1.165, 1.54) is 44.1 Å². The highest BCUT2D eigenvalue weighted by Gasteiger charge is 2.54. The molecule has 4 bridgehead atoms. The molecule has 4 aliphatic rings. The number of nitrogens with one attached hydrogen (secondary N) is 1. The van der Waals surface area contributed by atoms with E-state index in [9.17, 15) is 4.79 Å². The molecule has 2 aromatic rings. The number of hydrogen-bond donors (Lipinski definition) is 1. The van der Waals surface area contributed by atoms with E-state index in [0.29, 0.717) is 11.1 Å². The lowest BCUT2D eigenvalue weighted by molar-refractivity contribution is -0.0727. The largest absolute Gasteiger partial charge is 0.471 e. The topological polar surface area (TPSA) is 56.2 Å². The smallest absolute Gasteiger partial charge is 0.272 e. The summed E-state index contributed by atoms with van der Waals surface area (Å²) in [6.07, 6.45) is 11.0. The normalized spacial score (nSPS) is 29.2. The van der Waals surface area contributed by atoms with Crippen LogP contribution in [0.4, 0.5) is 0 Å². The first kappa shape index (κ1) is 22.5. The van der Waals surface area contributed by atoms with Crippen molar-refractivity contribution in [1.82, 2.24) is 15.1 Å². The van der Waals surface area contributed by atoms with E-state index < -0.39 is 0 Å². The first-order chi connectivity index (χ1) is 15.7. The zero-order valence-corrected chi connectivity index (χ0v) is 20.6. The van der Waals surface area contributed by atoms with Gasteiger partial charge >= 0.3 is 0 Å². The van der Waals surface area contributed by atoms with Crippen molar-refractivity contribution in [2.24, 2.45) is 23.2 Å². The van der Waals surface area contributed by atoms with Gasteiger partial charge in [0.05, 0.1) is 0 Å². The third-order valence-electron chi connectivity index (χ3n) is 8.50. The van der Waals surface area contributed by atoms with Crippen LogP contribution in [0.5, 0.6) is 5.75 Å². The lowest BCUT2D eigenvalue weighted by Gasteiger charge is -2.59. The Bertz CT molecular complexity index is 950. The number of benzene rings is 1. The summed E-state index contributed by atoms with van der Waals surface area (Å²) >= 11 is 0. The van der Waals surface area contributed by atoms with Gasteiger partial charge in [-0.3, -0.25) is 4.79 Å². The molecule has 1 atom stereocenters. The quantitative estimate of drug-likeness (QED) is 0.569. The third kappa shape index (κ3) is 4.56. The second kappa shape index (κ2) is 8.48. The molecule has 1 unspecified atom stereocenters. The Hall–Kier alpha value is -2.30. The molecular weight excluding hydrogens is 410 g/mol. The van der Waals surface area contributed by atoms with Crippen molar-refractivity contribution in [3.05, 3.63) is 47.8 Å². The zero-order valence-electron chi connectivity index (χ0n) is 20.6. The van der Waals surface area contributed by atoms with Crippen LogP contribution in [0.25, 0.3) is 0 Å². The fourth-order valence-electron chi connectivity index (χ4n) is 7.27. The minimum Gasteiger partial charge on any atom is -0.471 e. The fourth-order valence-corrected chi connectivity index (χ4v) is 7.27. The van der Waals surface area contributed by atoms with Crippen LogP contribution in [0, 0.1) is 23.2 Å². The lowest BCUT2D eigenvalue weighted by atomic mass is 9.47. The Kier molecular flexibility index (Phi) is 5.78. The standard InChI is InChI=1S/C28H39N3O2/c1-5-25(28-15-19-12-20(16-28)14-21(13-19)17-28)29-26(32)24-10-11-31(30-24)18-33-23-8-6-22(7-9-23)27(2,3)4/h6-11,19-21,25H,5,12-18H2,1-4H3,(H,29,32). The second-order valence-electron chi connectivity index (χ2n) is 12.0. The number of amides is 1. The molecule has 0 saturated heterocycles. The molecule has 1 aromatic heterocycles. The van der Waals surface area contributed by atoms with Crippen LogP contribution in [-0.4, -0.2) is 21.7 Å². The average molecular weight is 450 g/mol. The predicted molar refractivity (Wildman–Crippen MR) is 130 cm³/mol. The van der Waals surface area contributed by atoms with Gasteiger partial charge in [0.15, 0.2) is 6.73 Å². The molecule has 0 radical (unpaired) electrons. The molecule has 5 heteroatoms. The van der Waals surface area contributed by atoms with Gasteiger partial charge in [-0.05, 0) is 97.3 Å². The van der Waals surface area contributed by atoms with Gasteiger partial charge in [-0.1, -0.05) is 39.8 Å². The molecule has 33 heavy (non-hydrogen) atoms. The van der Waals surface area contributed by atoms with E-state index in [0.717, 1.165) is 29.9 Å². The Morgan fingerprint density at radius 3 is 2.24 bits per heavy atom. The van der Waals surface area contributed by atoms with Crippen molar-refractivity contribution in [2.45, 2.75) is 90.8 Å². The third-order valence-corrected chi connectivity index (χ3v) is 8.50. The van der Waals surface area contributed by atoms with Gasteiger partial charge in [0.2, 0.25) is 0 Å². The van der Waals surface area contributed by atoms with Crippen molar-refractivity contribution in [1.29, 1.82) is 0 Å². The summed E-state index contributed by atoms with van der Waals surface area (Å²) in [5, 5.41) is 7.89. The Labute approximate surface area is 198 Å². The highest BCUT2D eigenvalue weighted by Crippen LogP contribution is 2.61. The van der Waals surface area contributed by atoms with Crippen molar-refractivity contribution in [3.8, 4) is 5.75 Å². The number of carbonyl (C=O) groups excluding carboxylic acids is 1. The summed E-state index contributed by atoms with van der Waals surface area (Å²) in [7, 11) is 0. The molecule has 4 aliphatic carbocycles. The van der Waals surface area contributed by atoms with Crippen LogP contribution >= 0.6 is 0 Å². The maximum Gasteiger partial charge on any atom is 0.272 e. The molecule has 0 aliphatic heterocycles. The molecule has 178 valence electrons. The van der Waals surface area contributed by atoms with Crippen LogP contribution in [0.3, 0.4) is 0 Å². The van der Waals surface area contributed by atoms with E-state index >= 15 is 0 Å². The summed E-state index contributed by atoms with van der Waals surface area (Å²) < 4.78 is 7.58. The molecule has 1 heterocycles. The minimum absolute atomic E-state index is 0.0501. The number of aromatic nitrogens is 2. The summed E-state index contributed by atoms with van der Waals surface area (Å²) in [6, 6.07) is 10.2. The van der Waals surface area contributed by atoms with Crippen LogP contribution in [-0.2, 0) is 12.1 Å². The van der Waals surface area contributed by atoms with E-state index in [-0.39, 0.29) is 24.1 Å². The van der Waals surface area contributed by atoms with Gasteiger partial charge in [0.25, 0.3) is 5.91 Å². The zero-order chi connectivity index (χ0) is 23.2. The molecular formula is C28H39N3O2. The van der Waals surface area contributed by atoms with Crippen LogP contribution < -0.4 is 10.1 Å². The van der Waals surface area contributed by atoms with Crippen molar-refractivity contribution >= 4 is 5.91 Å². The van der Waals surface area contributed by atoms with Gasteiger partial charge in [0.1, 0.15) is 11.4 Å². The van der Waals surface area contributed by atoms with E-state index in [1.54, 1.807) is 10.7 Å². The van der Waals surface area contributed by atoms with Gasteiger partial charge in [-0.25, -0.2) is 4.68 Å². The molecule has 6 rings (SSSR count). The Morgan fingerprint density at radius 2 is 1.70 bits per heavy atom. The SMILES string of the molecule is CCC(NC(=O)c1ccn(COc2ccc(C(C)(C)C)cc2)n1)C12CC3CC(CC(C3)C1)C2. The van der Waals surface area contributed by atoms with Crippen LogP contribution in [0.1, 0.15) is 88.7 Å². The van der Waals surface area contributed by atoms with Crippen molar-refractivity contribution < 1.29 is 9.53 Å². The van der Waals surface area contributed by atoms with Gasteiger partial charge in [-0.2, -0.15) is 5.10 Å². The van der Waals surface area contributed by atoms with Crippen molar-refractivity contribution in [3.63, 3.8) is 0 Å². The summed E-state index contributed by atoms with van der Waals surface area (Å²) in [6.45, 7) is 9.11. The first-order valence-electron chi connectivity index (χ1n) is 12.8. The number of nitrogens with zero attached hydrogens (tertiary/aromatic N) is 2. The maximum atomic E-state index is 13.1. The van der Waals surface area contributed by atoms with Gasteiger partial charge < -0.3 is 10.1 Å². The Morgan fingerprint density at radius 1 is 1.09 bits per heavy atom. The number of rotatable bonds is 7. The van der Waals surface area contributed by atoms with Crippen LogP contribution in [0.15, 0.2) is 36.5 Å². The summed E-state index contributed by atoms with van der Waals surface area (Å²) in [5.74, 6) is 3.41. The number of ether oxygens (including phenoxy) is 1. The molecule has 1 aromatic carbocycles. The molecule has 4 fully saturated rings. The fraction of sp³-hybridized carbons (Fsp3) is 0.643. The Balaban J connectivity index is 1.19. The average Bonchev–Trinajstić information content (AvgIpc) is 3.24. The van der Waals surface area contributed by atoms with E-state index in [4.69, 9.17) is 4.74 Å². The summed E-state index contributed by atoms with van der Waals surface area (Å²) in [5.41, 5.74) is 2.18.